The molecule has 0 rings (SSSR count). The summed E-state index contributed by atoms with van der Waals surface area (Å²) in [6.07, 6.45) is 7.40. The van der Waals surface area contributed by atoms with Gasteiger partial charge in [-0.2, -0.15) is 0 Å². The summed E-state index contributed by atoms with van der Waals surface area (Å²) in [6.45, 7) is 11.3. The van der Waals surface area contributed by atoms with Crippen LogP contribution in [0.25, 0.3) is 0 Å². The van der Waals surface area contributed by atoms with Crippen LogP contribution >= 0.6 is 12.2 Å². The van der Waals surface area contributed by atoms with E-state index >= 15 is 0 Å². The molecule has 0 saturated carbocycles. The maximum atomic E-state index is 9.26. The number of hydrogen-bond acceptors (Lipinski definition) is 1. The lowest BCUT2D eigenvalue weighted by Gasteiger charge is -2.25. The first-order valence-corrected chi connectivity index (χ1v) is 8.27. The summed E-state index contributed by atoms with van der Waals surface area (Å²) in [5.74, 6) is 2.13. The molecule has 2 N–H and O–H groups in total. The lowest BCUT2D eigenvalue weighted by atomic mass is 9.89. The van der Waals surface area contributed by atoms with E-state index < -0.39 is 0 Å². The molecule has 0 saturated heterocycles. The van der Waals surface area contributed by atoms with Crippen molar-refractivity contribution in [2.75, 3.05) is 0 Å². The number of thiocarbonyl (C=S) groups is 1. The second-order valence-electron chi connectivity index (χ2n) is 6.45. The molecular weight excluding hydrogens is 254 g/mol. The van der Waals surface area contributed by atoms with Gasteiger partial charge in [-0.15, -0.1) is 0 Å². The molecule has 3 heteroatoms. The van der Waals surface area contributed by atoms with Crippen LogP contribution in [0, 0.1) is 17.8 Å². The van der Waals surface area contributed by atoms with Gasteiger partial charge in [0.15, 0.2) is 0 Å². The minimum Gasteiger partial charge on any atom is -0.487 e. The minimum atomic E-state index is -0.0576. The van der Waals surface area contributed by atoms with E-state index in [0.29, 0.717) is 12.0 Å². The number of aliphatic hydroxyl groups is 1. The first-order chi connectivity index (χ1) is 8.86. The third-order valence-corrected chi connectivity index (χ3v) is 4.21. The molecule has 0 aliphatic carbocycles. The summed E-state index contributed by atoms with van der Waals surface area (Å²) in [5, 5.41) is 12.2. The molecule has 19 heavy (non-hydrogen) atoms. The van der Waals surface area contributed by atoms with Gasteiger partial charge in [0.2, 0.25) is 0 Å². The number of rotatable bonds is 10. The molecule has 0 aromatic rings. The van der Waals surface area contributed by atoms with Gasteiger partial charge >= 0.3 is 0 Å². The number of aliphatic hydroxyl groups excluding tert-OH is 1. The van der Waals surface area contributed by atoms with Crippen LogP contribution in [-0.4, -0.2) is 16.3 Å². The van der Waals surface area contributed by atoms with Gasteiger partial charge in [0.05, 0.1) is 0 Å². The molecule has 2 nitrogen and oxygen atoms in total. The minimum absolute atomic E-state index is 0.0576. The van der Waals surface area contributed by atoms with Crippen molar-refractivity contribution in [3.8, 4) is 0 Å². The first kappa shape index (κ1) is 18.7. The molecule has 0 aliphatic heterocycles. The molecule has 0 radical (unpaired) electrons. The van der Waals surface area contributed by atoms with Crippen LogP contribution in [0.5, 0.6) is 0 Å². The zero-order chi connectivity index (χ0) is 14.8. The van der Waals surface area contributed by atoms with Gasteiger partial charge in [-0.1, -0.05) is 60.3 Å². The van der Waals surface area contributed by atoms with Crippen LogP contribution in [0.15, 0.2) is 0 Å². The quantitative estimate of drug-likeness (QED) is 0.550. The molecule has 0 aromatic carbocycles. The van der Waals surface area contributed by atoms with Crippen LogP contribution in [-0.2, 0) is 0 Å². The number of nitrogens with one attached hydrogen (secondary N) is 1. The number of hydrogen-bond donors (Lipinski definition) is 2. The van der Waals surface area contributed by atoms with Crippen molar-refractivity contribution in [1.82, 2.24) is 5.32 Å². The van der Waals surface area contributed by atoms with Gasteiger partial charge in [0.25, 0.3) is 5.17 Å². The van der Waals surface area contributed by atoms with Crippen molar-refractivity contribution in [1.29, 1.82) is 0 Å². The van der Waals surface area contributed by atoms with Crippen molar-refractivity contribution >= 4 is 17.4 Å². The van der Waals surface area contributed by atoms with Gasteiger partial charge < -0.3 is 10.4 Å². The third kappa shape index (κ3) is 10.2. The zero-order valence-corrected chi connectivity index (χ0v) is 14.2. The molecule has 3 atom stereocenters. The zero-order valence-electron chi connectivity index (χ0n) is 13.4. The predicted octanol–water partition coefficient (Wildman–Crippen LogP) is 5.08. The highest BCUT2D eigenvalue weighted by Crippen LogP contribution is 2.20. The van der Waals surface area contributed by atoms with E-state index in [0.717, 1.165) is 24.7 Å². The van der Waals surface area contributed by atoms with E-state index in [-0.39, 0.29) is 5.17 Å². The second-order valence-corrected chi connectivity index (χ2v) is 6.84. The molecular formula is C16H33NOS. The van der Waals surface area contributed by atoms with Gasteiger partial charge in [-0.3, -0.25) is 0 Å². The fraction of sp³-hybridized carbons (Fsp3) is 0.938. The Bertz CT molecular complexity index is 243. The highest BCUT2D eigenvalue weighted by molar-refractivity contribution is 7.79. The molecule has 0 bridgehead atoms. The molecule has 0 spiro atoms. The molecule has 0 fully saturated rings. The Kier molecular flexibility index (Phi) is 10.3. The fourth-order valence-electron chi connectivity index (χ4n) is 2.43. The summed E-state index contributed by atoms with van der Waals surface area (Å²) < 4.78 is 0. The molecule has 114 valence electrons. The molecule has 0 amide bonds. The maximum Gasteiger partial charge on any atom is 0.254 e. The monoisotopic (exact) mass is 287 g/mol. The third-order valence-electron chi connectivity index (χ3n) is 4.09. The van der Waals surface area contributed by atoms with Gasteiger partial charge in [-0.05, 0) is 42.8 Å². The van der Waals surface area contributed by atoms with E-state index in [1.54, 1.807) is 0 Å². The van der Waals surface area contributed by atoms with Gasteiger partial charge in [0.1, 0.15) is 0 Å². The second kappa shape index (κ2) is 10.5. The van der Waals surface area contributed by atoms with Crippen molar-refractivity contribution in [3.63, 3.8) is 0 Å². The average molecular weight is 288 g/mol. The Morgan fingerprint density at radius 1 is 1.05 bits per heavy atom. The van der Waals surface area contributed by atoms with Crippen LogP contribution < -0.4 is 5.32 Å². The van der Waals surface area contributed by atoms with Gasteiger partial charge in [0, 0.05) is 6.04 Å². The fourth-order valence-corrected chi connectivity index (χ4v) is 2.58. The highest BCUT2D eigenvalue weighted by Gasteiger charge is 2.17. The Labute approximate surface area is 125 Å². The SMILES string of the molecule is CCC(C)C(CCC(C)CCCC(C)C)NC(O)=S. The standard InChI is InChI=1S/C16H33NOS/c1-6-14(5)15(17-16(18)19)11-10-13(4)9-7-8-12(2)3/h12-15H,6-11H2,1-5H3,(H2,17,18,19). The van der Waals surface area contributed by atoms with Crippen LogP contribution in [0.1, 0.15) is 73.1 Å². The molecule has 3 unspecified atom stereocenters. The highest BCUT2D eigenvalue weighted by atomic mass is 32.1. The lowest BCUT2D eigenvalue weighted by Crippen LogP contribution is -2.38. The van der Waals surface area contributed by atoms with Crippen LogP contribution in [0.4, 0.5) is 0 Å². The summed E-state index contributed by atoms with van der Waals surface area (Å²) >= 11 is 4.76. The Hall–Kier alpha value is -0.310. The largest absolute Gasteiger partial charge is 0.487 e. The van der Waals surface area contributed by atoms with E-state index in [1.807, 2.05) is 0 Å². The average Bonchev–Trinajstić information content (AvgIpc) is 2.32. The van der Waals surface area contributed by atoms with Crippen LogP contribution in [0.3, 0.4) is 0 Å². The Morgan fingerprint density at radius 2 is 1.68 bits per heavy atom. The molecule has 0 heterocycles. The van der Waals surface area contributed by atoms with E-state index in [9.17, 15) is 5.11 Å². The first-order valence-electron chi connectivity index (χ1n) is 7.86. The van der Waals surface area contributed by atoms with Crippen molar-refractivity contribution in [3.05, 3.63) is 0 Å². The summed E-state index contributed by atoms with van der Waals surface area (Å²) in [6, 6.07) is 0.315. The van der Waals surface area contributed by atoms with Gasteiger partial charge in [-0.25, -0.2) is 0 Å². The van der Waals surface area contributed by atoms with Crippen molar-refractivity contribution in [2.45, 2.75) is 79.2 Å². The van der Waals surface area contributed by atoms with Crippen LogP contribution in [0.2, 0.25) is 0 Å². The summed E-state index contributed by atoms with van der Waals surface area (Å²) in [7, 11) is 0. The Morgan fingerprint density at radius 3 is 2.16 bits per heavy atom. The Balaban J connectivity index is 3.98. The smallest absolute Gasteiger partial charge is 0.254 e. The topological polar surface area (TPSA) is 32.3 Å². The van der Waals surface area contributed by atoms with Crippen molar-refractivity contribution < 1.29 is 5.11 Å². The molecule has 0 aromatic heterocycles. The van der Waals surface area contributed by atoms with E-state index in [2.05, 4.69) is 39.9 Å². The van der Waals surface area contributed by atoms with E-state index in [1.165, 1.54) is 25.7 Å². The van der Waals surface area contributed by atoms with Crippen molar-refractivity contribution in [2.24, 2.45) is 17.8 Å². The maximum absolute atomic E-state index is 9.26. The predicted molar refractivity (Wildman–Crippen MR) is 88.7 cm³/mol. The lowest BCUT2D eigenvalue weighted by molar-refractivity contribution is 0.330. The summed E-state index contributed by atoms with van der Waals surface area (Å²) in [5.41, 5.74) is 0. The summed E-state index contributed by atoms with van der Waals surface area (Å²) in [4.78, 5) is 0. The normalized spacial score (nSPS) is 16.1. The van der Waals surface area contributed by atoms with E-state index in [4.69, 9.17) is 12.2 Å². The molecule has 0 aliphatic rings.